The van der Waals surface area contributed by atoms with Crippen LogP contribution in [0.5, 0.6) is 0 Å². The molecule has 114 valence electrons. The van der Waals surface area contributed by atoms with Crippen molar-refractivity contribution in [2.24, 2.45) is 0 Å². The van der Waals surface area contributed by atoms with Gasteiger partial charge in [0.2, 0.25) is 0 Å². The van der Waals surface area contributed by atoms with Gasteiger partial charge in [-0.15, -0.1) is 0 Å². The molecule has 0 bridgehead atoms. The summed E-state index contributed by atoms with van der Waals surface area (Å²) in [7, 11) is 0. The molecule has 0 fully saturated rings. The molecule has 1 aliphatic heterocycles. The van der Waals surface area contributed by atoms with E-state index in [1.165, 1.54) is 6.07 Å². The van der Waals surface area contributed by atoms with Gasteiger partial charge in [-0.2, -0.15) is 13.2 Å². The second kappa shape index (κ2) is 5.53. The molecule has 1 aliphatic rings. The van der Waals surface area contributed by atoms with Gasteiger partial charge in [-0.05, 0) is 30.3 Å². The Bertz CT molecular complexity index is 715. The summed E-state index contributed by atoms with van der Waals surface area (Å²) in [5.41, 5.74) is -0.0437. The molecule has 0 saturated carbocycles. The summed E-state index contributed by atoms with van der Waals surface area (Å²) in [6.07, 6.45) is -0.997. The van der Waals surface area contributed by atoms with Gasteiger partial charge in [0.25, 0.3) is 0 Å². The molecule has 7 heteroatoms. The average molecular weight is 326 g/mol. The van der Waals surface area contributed by atoms with E-state index in [4.69, 9.17) is 11.6 Å². The Morgan fingerprint density at radius 1 is 1.00 bits per heavy atom. The molecule has 0 amide bonds. The number of hydrogen-bond donors (Lipinski definition) is 0. The van der Waals surface area contributed by atoms with E-state index >= 15 is 0 Å². The molecule has 3 nitrogen and oxygen atoms in total. The topological polar surface area (TPSA) is 19.4 Å². The highest BCUT2D eigenvalue weighted by Gasteiger charge is 2.33. The zero-order valence-corrected chi connectivity index (χ0v) is 12.0. The van der Waals surface area contributed by atoms with Gasteiger partial charge in [-0.1, -0.05) is 23.7 Å². The molecule has 0 radical (unpaired) electrons. The van der Waals surface area contributed by atoms with Crippen LogP contribution in [0.1, 0.15) is 5.69 Å². The summed E-state index contributed by atoms with van der Waals surface area (Å²) in [4.78, 5) is 7.17. The third-order valence-corrected chi connectivity index (χ3v) is 3.43. The first kappa shape index (κ1) is 14.7. The van der Waals surface area contributed by atoms with Gasteiger partial charge in [0.1, 0.15) is 18.2 Å². The van der Waals surface area contributed by atoms with E-state index in [0.717, 1.165) is 11.8 Å². The average Bonchev–Trinajstić information content (AvgIpc) is 2.96. The monoisotopic (exact) mass is 325 g/mol. The zero-order valence-electron chi connectivity index (χ0n) is 11.3. The predicted octanol–water partition coefficient (Wildman–Crippen LogP) is 4.51. The van der Waals surface area contributed by atoms with Crippen LogP contribution in [-0.2, 0) is 6.18 Å². The molecule has 0 atom stereocenters. The summed E-state index contributed by atoms with van der Waals surface area (Å²) in [6.45, 7) is 0.370. The third-order valence-electron chi connectivity index (χ3n) is 3.19. The molecule has 0 N–H and O–H groups in total. The number of alkyl halides is 3. The number of pyridine rings is 1. The number of halogens is 4. The van der Waals surface area contributed by atoms with Crippen LogP contribution in [0.3, 0.4) is 0 Å². The second-order valence-corrected chi connectivity index (χ2v) is 5.17. The Labute approximate surface area is 130 Å². The zero-order chi connectivity index (χ0) is 15.7. The first-order chi connectivity index (χ1) is 10.4. The van der Waals surface area contributed by atoms with Gasteiger partial charge < -0.3 is 9.80 Å². The van der Waals surface area contributed by atoms with Crippen molar-refractivity contribution >= 4 is 23.1 Å². The van der Waals surface area contributed by atoms with Crippen molar-refractivity contribution in [2.45, 2.75) is 6.18 Å². The maximum atomic E-state index is 12.7. The van der Waals surface area contributed by atoms with Gasteiger partial charge in [0, 0.05) is 23.1 Å². The van der Waals surface area contributed by atoms with Crippen molar-refractivity contribution in [1.82, 2.24) is 4.98 Å². The van der Waals surface area contributed by atoms with Gasteiger partial charge in [-0.3, -0.25) is 0 Å². The molecule has 2 aromatic rings. The lowest BCUT2D eigenvalue weighted by Crippen LogP contribution is -2.25. The van der Waals surface area contributed by atoms with E-state index < -0.39 is 11.9 Å². The molecule has 1 aromatic carbocycles. The maximum Gasteiger partial charge on any atom is 0.433 e. The van der Waals surface area contributed by atoms with Gasteiger partial charge in [0.15, 0.2) is 0 Å². The normalized spacial score (nSPS) is 14.7. The van der Waals surface area contributed by atoms with Gasteiger partial charge in [-0.25, -0.2) is 4.98 Å². The van der Waals surface area contributed by atoms with Crippen LogP contribution in [-0.4, -0.2) is 11.7 Å². The first-order valence-corrected chi connectivity index (χ1v) is 6.83. The molecule has 22 heavy (non-hydrogen) atoms. The molecular formula is C15H11ClF3N3. The number of rotatable bonds is 2. The summed E-state index contributed by atoms with van der Waals surface area (Å²) in [5, 5.41) is 0.599. The summed E-state index contributed by atoms with van der Waals surface area (Å²) < 4.78 is 38.2. The minimum Gasteiger partial charge on any atom is -0.328 e. The van der Waals surface area contributed by atoms with E-state index in [9.17, 15) is 13.2 Å². The van der Waals surface area contributed by atoms with Crippen LogP contribution in [0.4, 0.5) is 24.7 Å². The molecule has 0 spiro atoms. The van der Waals surface area contributed by atoms with Crippen molar-refractivity contribution in [1.29, 1.82) is 0 Å². The van der Waals surface area contributed by atoms with Crippen LogP contribution in [0.25, 0.3) is 0 Å². The molecule has 1 aromatic heterocycles. The number of benzene rings is 1. The number of hydrogen-bond acceptors (Lipinski definition) is 3. The predicted molar refractivity (Wildman–Crippen MR) is 79.7 cm³/mol. The van der Waals surface area contributed by atoms with Crippen molar-refractivity contribution in [3.05, 3.63) is 65.6 Å². The van der Waals surface area contributed by atoms with Crippen LogP contribution >= 0.6 is 11.6 Å². The molecule has 2 heterocycles. The van der Waals surface area contributed by atoms with E-state index in [2.05, 4.69) is 4.98 Å². The standard InChI is InChI=1S/C15H11ClF3N3/c16-11-3-1-4-12(9-11)21-7-8-22(10-21)14-6-2-5-13(20-14)15(17,18)19/h1-9H,10H2. The minimum absolute atomic E-state index is 0.246. The van der Waals surface area contributed by atoms with Gasteiger partial charge in [0.05, 0.1) is 0 Å². The van der Waals surface area contributed by atoms with Crippen molar-refractivity contribution < 1.29 is 13.2 Å². The van der Waals surface area contributed by atoms with E-state index in [1.807, 2.05) is 17.0 Å². The van der Waals surface area contributed by atoms with Crippen molar-refractivity contribution in [3.63, 3.8) is 0 Å². The Kier molecular flexibility index (Phi) is 3.70. The summed E-state index contributed by atoms with van der Waals surface area (Å²) >= 11 is 5.95. The largest absolute Gasteiger partial charge is 0.433 e. The van der Waals surface area contributed by atoms with Crippen LogP contribution in [0.15, 0.2) is 54.9 Å². The molecule has 3 rings (SSSR count). The highest BCUT2D eigenvalue weighted by Crippen LogP contribution is 2.30. The Balaban J connectivity index is 1.80. The fourth-order valence-electron chi connectivity index (χ4n) is 2.13. The molecule has 0 unspecified atom stereocenters. The minimum atomic E-state index is -4.45. The second-order valence-electron chi connectivity index (χ2n) is 4.74. The van der Waals surface area contributed by atoms with Crippen LogP contribution in [0.2, 0.25) is 5.02 Å². The van der Waals surface area contributed by atoms with E-state index in [0.29, 0.717) is 11.7 Å². The summed E-state index contributed by atoms with van der Waals surface area (Å²) in [5.74, 6) is 0.246. The van der Waals surface area contributed by atoms with Gasteiger partial charge >= 0.3 is 6.18 Å². The quantitative estimate of drug-likeness (QED) is 0.810. The lowest BCUT2D eigenvalue weighted by atomic mass is 10.3. The van der Waals surface area contributed by atoms with Crippen molar-refractivity contribution in [2.75, 3.05) is 16.5 Å². The number of aromatic nitrogens is 1. The lowest BCUT2D eigenvalue weighted by molar-refractivity contribution is -0.141. The molecular weight excluding hydrogens is 315 g/mol. The maximum absolute atomic E-state index is 12.7. The fraction of sp³-hybridized carbons (Fsp3) is 0.133. The Hall–Kier alpha value is -2.21. The third kappa shape index (κ3) is 3.01. The fourth-order valence-corrected chi connectivity index (χ4v) is 2.32. The Morgan fingerprint density at radius 3 is 2.45 bits per heavy atom. The smallest absolute Gasteiger partial charge is 0.328 e. The first-order valence-electron chi connectivity index (χ1n) is 6.45. The highest BCUT2D eigenvalue weighted by atomic mass is 35.5. The van der Waals surface area contributed by atoms with E-state index in [1.54, 1.807) is 35.5 Å². The lowest BCUT2D eigenvalue weighted by Gasteiger charge is -2.21. The molecule has 0 aliphatic carbocycles. The van der Waals surface area contributed by atoms with Crippen molar-refractivity contribution in [3.8, 4) is 0 Å². The number of nitrogens with zero attached hydrogens (tertiary/aromatic N) is 3. The SMILES string of the molecule is FC(F)(F)c1cccc(N2C=CN(c3cccc(Cl)c3)C2)n1. The number of anilines is 2. The molecule has 0 saturated heterocycles. The Morgan fingerprint density at radius 2 is 1.73 bits per heavy atom. The van der Waals surface area contributed by atoms with Crippen LogP contribution < -0.4 is 9.80 Å². The van der Waals surface area contributed by atoms with E-state index in [-0.39, 0.29) is 5.82 Å². The van der Waals surface area contributed by atoms with Crippen LogP contribution in [0, 0.1) is 0 Å². The highest BCUT2D eigenvalue weighted by molar-refractivity contribution is 6.30. The summed E-state index contributed by atoms with van der Waals surface area (Å²) in [6, 6.07) is 11.1.